The average molecular weight is 424 g/mol. The molecule has 1 aliphatic heterocycles. The van der Waals surface area contributed by atoms with Gasteiger partial charge in [0, 0.05) is 22.7 Å². The van der Waals surface area contributed by atoms with Crippen molar-refractivity contribution in [3.63, 3.8) is 0 Å². The number of nitro groups is 1. The van der Waals surface area contributed by atoms with Gasteiger partial charge in [-0.25, -0.2) is 5.01 Å². The highest BCUT2D eigenvalue weighted by molar-refractivity contribution is 6.32. The lowest BCUT2D eigenvalue weighted by Gasteiger charge is -2.14. The van der Waals surface area contributed by atoms with Crippen LogP contribution in [0.25, 0.3) is 17.4 Å². The Hall–Kier alpha value is -3.91. The van der Waals surface area contributed by atoms with Crippen molar-refractivity contribution in [2.45, 2.75) is 6.92 Å². The van der Waals surface area contributed by atoms with Gasteiger partial charge in [-0.3, -0.25) is 25.1 Å². The van der Waals surface area contributed by atoms with Crippen LogP contribution in [-0.4, -0.2) is 16.7 Å². The minimum Gasteiger partial charge on any atom is -0.457 e. The van der Waals surface area contributed by atoms with Crippen LogP contribution >= 0.6 is 11.6 Å². The van der Waals surface area contributed by atoms with E-state index in [1.807, 2.05) is 0 Å². The van der Waals surface area contributed by atoms with Crippen LogP contribution in [0.3, 0.4) is 0 Å². The van der Waals surface area contributed by atoms with E-state index in [4.69, 9.17) is 16.0 Å². The van der Waals surface area contributed by atoms with Gasteiger partial charge in [0.1, 0.15) is 17.1 Å². The van der Waals surface area contributed by atoms with Crippen molar-refractivity contribution in [1.29, 1.82) is 0 Å². The first kappa shape index (κ1) is 19.4. The molecule has 9 heteroatoms. The molecule has 0 saturated carbocycles. The lowest BCUT2D eigenvalue weighted by atomic mass is 10.1. The Bertz CT molecular complexity index is 1210. The maximum Gasteiger partial charge on any atom is 0.282 e. The average Bonchev–Trinajstić information content (AvgIpc) is 3.29. The molecule has 1 aromatic heterocycles. The lowest BCUT2D eigenvalue weighted by Crippen LogP contribution is -2.35. The second kappa shape index (κ2) is 7.49. The number of benzene rings is 2. The molecule has 0 aliphatic carbocycles. The van der Waals surface area contributed by atoms with E-state index in [0.29, 0.717) is 22.0 Å². The van der Waals surface area contributed by atoms with E-state index < -0.39 is 16.7 Å². The number of non-ortho nitro benzene ring substituents is 1. The molecule has 30 heavy (non-hydrogen) atoms. The van der Waals surface area contributed by atoms with Crippen molar-refractivity contribution in [2.24, 2.45) is 0 Å². The van der Waals surface area contributed by atoms with Crippen molar-refractivity contribution < 1.29 is 18.9 Å². The van der Waals surface area contributed by atoms with E-state index in [0.717, 1.165) is 10.6 Å². The molecule has 0 unspecified atom stereocenters. The molecule has 1 saturated heterocycles. The maximum atomic E-state index is 12.7. The first-order valence-corrected chi connectivity index (χ1v) is 9.19. The van der Waals surface area contributed by atoms with Gasteiger partial charge in [-0.1, -0.05) is 17.7 Å². The molecule has 0 bridgehead atoms. The molecule has 0 radical (unpaired) electrons. The Morgan fingerprint density at radius 1 is 1.10 bits per heavy atom. The summed E-state index contributed by atoms with van der Waals surface area (Å²) in [4.78, 5) is 35.5. The smallest absolute Gasteiger partial charge is 0.282 e. The standard InChI is InChI=1S/C21H14ClN3O5/c1-12-2-5-15(25(28)29)10-17(12)19-9-8-16(30-19)11-18-20(26)23-24(21(18)27)14-6-3-13(22)4-7-14/h2-11H,1H3,(H,23,26)/b18-11-. The van der Waals surface area contributed by atoms with Crippen molar-refractivity contribution >= 4 is 40.9 Å². The first-order chi connectivity index (χ1) is 14.3. The molecule has 1 fully saturated rings. The molecule has 2 heterocycles. The molecule has 1 aliphatic rings. The summed E-state index contributed by atoms with van der Waals surface area (Å²) < 4.78 is 5.73. The van der Waals surface area contributed by atoms with E-state index in [2.05, 4.69) is 5.43 Å². The Morgan fingerprint density at radius 3 is 2.53 bits per heavy atom. The highest BCUT2D eigenvalue weighted by atomic mass is 35.5. The number of nitrogens with zero attached hydrogens (tertiary/aromatic N) is 2. The predicted octanol–water partition coefficient (Wildman–Crippen LogP) is 4.28. The number of amides is 2. The molecule has 3 aromatic rings. The Kier molecular flexibility index (Phi) is 4.85. The molecule has 8 nitrogen and oxygen atoms in total. The number of carbonyl (C=O) groups is 2. The number of nitrogens with one attached hydrogen (secondary N) is 1. The molecule has 2 amide bonds. The number of hydrazine groups is 1. The quantitative estimate of drug-likeness (QED) is 0.292. The number of halogens is 1. The van der Waals surface area contributed by atoms with Gasteiger partial charge in [0.2, 0.25) is 0 Å². The first-order valence-electron chi connectivity index (χ1n) is 8.81. The SMILES string of the molecule is Cc1ccc([N+](=O)[O-])cc1-c1ccc(/C=C2/C(=O)NN(c3ccc(Cl)cc3)C2=O)o1. The fourth-order valence-corrected chi connectivity index (χ4v) is 3.16. The van der Waals surface area contributed by atoms with E-state index >= 15 is 0 Å². The number of carbonyl (C=O) groups excluding carboxylic acids is 2. The molecular weight excluding hydrogens is 410 g/mol. The highest BCUT2D eigenvalue weighted by Gasteiger charge is 2.34. The second-order valence-corrected chi connectivity index (χ2v) is 7.01. The third-order valence-electron chi connectivity index (χ3n) is 4.59. The Labute approximate surface area is 175 Å². The van der Waals surface area contributed by atoms with Gasteiger partial charge in [-0.2, -0.15) is 0 Å². The minimum absolute atomic E-state index is 0.0594. The monoisotopic (exact) mass is 423 g/mol. The zero-order chi connectivity index (χ0) is 21.4. The number of rotatable bonds is 4. The summed E-state index contributed by atoms with van der Waals surface area (Å²) in [5.74, 6) is -0.443. The van der Waals surface area contributed by atoms with Crippen LogP contribution in [0.2, 0.25) is 5.02 Å². The van der Waals surface area contributed by atoms with Crippen LogP contribution in [0, 0.1) is 17.0 Å². The summed E-state index contributed by atoms with van der Waals surface area (Å²) in [5.41, 5.74) is 4.15. The maximum absolute atomic E-state index is 12.7. The predicted molar refractivity (Wildman–Crippen MR) is 111 cm³/mol. The third kappa shape index (κ3) is 3.56. The summed E-state index contributed by atoms with van der Waals surface area (Å²) >= 11 is 5.86. The molecule has 2 aromatic carbocycles. The number of aryl methyl sites for hydroxylation is 1. The van der Waals surface area contributed by atoms with Gasteiger partial charge in [-0.05, 0) is 55.0 Å². The minimum atomic E-state index is -0.570. The molecular formula is C21H14ClN3O5. The van der Waals surface area contributed by atoms with Crippen molar-refractivity contribution in [1.82, 2.24) is 5.43 Å². The zero-order valence-electron chi connectivity index (χ0n) is 15.6. The van der Waals surface area contributed by atoms with Crippen LogP contribution in [0.4, 0.5) is 11.4 Å². The molecule has 1 N–H and O–H groups in total. The summed E-state index contributed by atoms with van der Waals surface area (Å²) in [5, 5.41) is 12.7. The van der Waals surface area contributed by atoms with Crippen molar-refractivity contribution in [3.05, 3.63) is 86.6 Å². The normalized spacial score (nSPS) is 15.0. The number of hydrogen-bond acceptors (Lipinski definition) is 5. The van der Waals surface area contributed by atoms with Crippen LogP contribution < -0.4 is 10.4 Å². The third-order valence-corrected chi connectivity index (χ3v) is 4.84. The topological polar surface area (TPSA) is 106 Å². The number of nitro benzene ring substituents is 1. The molecule has 4 rings (SSSR count). The van der Waals surface area contributed by atoms with Gasteiger partial charge in [0.25, 0.3) is 17.5 Å². The fraction of sp³-hybridized carbons (Fsp3) is 0.0476. The van der Waals surface area contributed by atoms with Gasteiger partial charge in [0.15, 0.2) is 0 Å². The number of hydrogen-bond donors (Lipinski definition) is 1. The zero-order valence-corrected chi connectivity index (χ0v) is 16.3. The van der Waals surface area contributed by atoms with Gasteiger partial charge in [0.05, 0.1) is 10.6 Å². The van der Waals surface area contributed by atoms with Gasteiger partial charge >= 0.3 is 0 Å². The summed E-state index contributed by atoms with van der Waals surface area (Å²) in [6.07, 6.45) is 1.34. The lowest BCUT2D eigenvalue weighted by molar-refractivity contribution is -0.384. The Morgan fingerprint density at radius 2 is 1.83 bits per heavy atom. The molecule has 150 valence electrons. The van der Waals surface area contributed by atoms with Gasteiger partial charge in [-0.15, -0.1) is 0 Å². The summed E-state index contributed by atoms with van der Waals surface area (Å²) in [7, 11) is 0. The van der Waals surface area contributed by atoms with E-state index in [-0.39, 0.29) is 17.0 Å². The van der Waals surface area contributed by atoms with Crippen LogP contribution in [0.1, 0.15) is 11.3 Å². The van der Waals surface area contributed by atoms with Crippen LogP contribution in [-0.2, 0) is 9.59 Å². The largest absolute Gasteiger partial charge is 0.457 e. The molecule has 0 atom stereocenters. The van der Waals surface area contributed by atoms with Crippen molar-refractivity contribution in [2.75, 3.05) is 5.01 Å². The van der Waals surface area contributed by atoms with Gasteiger partial charge < -0.3 is 4.42 Å². The van der Waals surface area contributed by atoms with E-state index in [9.17, 15) is 19.7 Å². The fourth-order valence-electron chi connectivity index (χ4n) is 3.04. The van der Waals surface area contributed by atoms with Crippen molar-refractivity contribution in [3.8, 4) is 11.3 Å². The summed E-state index contributed by atoms with van der Waals surface area (Å²) in [6.45, 7) is 1.80. The van der Waals surface area contributed by atoms with E-state index in [1.54, 1.807) is 49.4 Å². The van der Waals surface area contributed by atoms with E-state index in [1.165, 1.54) is 18.2 Å². The second-order valence-electron chi connectivity index (χ2n) is 6.57. The number of furan rings is 1. The molecule has 0 spiro atoms. The summed E-state index contributed by atoms with van der Waals surface area (Å²) in [6, 6.07) is 14.1. The van der Waals surface area contributed by atoms with Crippen LogP contribution in [0.15, 0.2) is 64.6 Å². The number of anilines is 1. The Balaban J connectivity index is 1.64. The highest BCUT2D eigenvalue weighted by Crippen LogP contribution is 2.30. The van der Waals surface area contributed by atoms with Crippen LogP contribution in [0.5, 0.6) is 0 Å².